The molecule has 0 aliphatic heterocycles. The van der Waals surface area contributed by atoms with Gasteiger partial charge in [-0.2, -0.15) is 5.10 Å². The van der Waals surface area contributed by atoms with E-state index in [1.54, 1.807) is 29.9 Å². The van der Waals surface area contributed by atoms with Crippen LogP contribution in [0.15, 0.2) is 42.6 Å². The van der Waals surface area contributed by atoms with Crippen LogP contribution >= 0.6 is 11.3 Å². The van der Waals surface area contributed by atoms with Crippen LogP contribution in [0.3, 0.4) is 0 Å². The summed E-state index contributed by atoms with van der Waals surface area (Å²) in [5.41, 5.74) is 0. The largest absolute Gasteiger partial charge is 0.448 e. The van der Waals surface area contributed by atoms with Crippen LogP contribution in [0.1, 0.15) is 36.5 Å². The van der Waals surface area contributed by atoms with Crippen molar-refractivity contribution in [2.75, 3.05) is 5.32 Å². The number of carbonyl (C=O) groups excluding carboxylic acids is 2. The third kappa shape index (κ3) is 3.71. The molecule has 0 bridgehead atoms. The summed E-state index contributed by atoms with van der Waals surface area (Å²) in [4.78, 5) is 25.1. The highest BCUT2D eigenvalue weighted by atomic mass is 32.1. The van der Waals surface area contributed by atoms with Crippen LogP contribution in [0.25, 0.3) is 10.1 Å². The average Bonchev–Trinajstić information content (AvgIpc) is 3.20. The van der Waals surface area contributed by atoms with E-state index in [1.165, 1.54) is 11.3 Å². The molecule has 0 saturated carbocycles. The number of fused-ring (bicyclic) bond motifs is 1. The maximum atomic E-state index is 12.3. The molecule has 130 valence electrons. The molecule has 0 aliphatic carbocycles. The first-order valence-corrected chi connectivity index (χ1v) is 8.81. The number of esters is 1. The molecule has 6 nitrogen and oxygen atoms in total. The number of anilines is 1. The van der Waals surface area contributed by atoms with E-state index < -0.39 is 18.0 Å². The molecule has 0 unspecified atom stereocenters. The van der Waals surface area contributed by atoms with Gasteiger partial charge < -0.3 is 10.1 Å². The standard InChI is InChI=1S/C18H19N3O3S/c1-11(2)21-16(8-9-19-21)20-17(22)12(3)24-18(23)15-10-13-6-4-5-7-14(13)25-15/h4-12H,1-3H3,(H,20,22)/t12-/m0/s1. The Morgan fingerprint density at radius 2 is 1.96 bits per heavy atom. The van der Waals surface area contributed by atoms with Crippen molar-refractivity contribution in [1.82, 2.24) is 9.78 Å². The van der Waals surface area contributed by atoms with Gasteiger partial charge in [0.1, 0.15) is 10.7 Å². The Hall–Kier alpha value is -2.67. The Morgan fingerprint density at radius 3 is 2.68 bits per heavy atom. The van der Waals surface area contributed by atoms with Gasteiger partial charge in [0.05, 0.1) is 6.20 Å². The molecule has 0 saturated heterocycles. The highest BCUT2D eigenvalue weighted by molar-refractivity contribution is 7.20. The van der Waals surface area contributed by atoms with Crippen LogP contribution < -0.4 is 5.32 Å². The highest BCUT2D eigenvalue weighted by Gasteiger charge is 2.21. The minimum atomic E-state index is -0.909. The number of aromatic nitrogens is 2. The maximum Gasteiger partial charge on any atom is 0.349 e. The molecule has 0 aliphatic rings. The van der Waals surface area contributed by atoms with Crippen LogP contribution in [0.2, 0.25) is 0 Å². The van der Waals surface area contributed by atoms with E-state index >= 15 is 0 Å². The summed E-state index contributed by atoms with van der Waals surface area (Å²) in [6.45, 7) is 5.48. The Balaban J connectivity index is 1.66. The van der Waals surface area contributed by atoms with Gasteiger partial charge >= 0.3 is 5.97 Å². The minimum Gasteiger partial charge on any atom is -0.448 e. The van der Waals surface area contributed by atoms with Gasteiger partial charge in [0.25, 0.3) is 5.91 Å². The maximum absolute atomic E-state index is 12.3. The summed E-state index contributed by atoms with van der Waals surface area (Å²) in [5, 5.41) is 7.88. The zero-order valence-corrected chi connectivity index (χ0v) is 15.0. The minimum absolute atomic E-state index is 0.113. The second kappa shape index (κ2) is 7.06. The predicted molar refractivity (Wildman–Crippen MR) is 97.9 cm³/mol. The smallest absolute Gasteiger partial charge is 0.349 e. The first-order chi connectivity index (χ1) is 12.0. The topological polar surface area (TPSA) is 73.2 Å². The Kier molecular flexibility index (Phi) is 4.85. The monoisotopic (exact) mass is 357 g/mol. The average molecular weight is 357 g/mol. The number of amides is 1. The first kappa shape index (κ1) is 17.2. The Bertz CT molecular complexity index is 880. The van der Waals surface area contributed by atoms with E-state index in [9.17, 15) is 9.59 Å². The molecule has 1 atom stereocenters. The van der Waals surface area contributed by atoms with Gasteiger partial charge in [-0.15, -0.1) is 11.3 Å². The third-order valence-corrected chi connectivity index (χ3v) is 4.79. The lowest BCUT2D eigenvalue weighted by Crippen LogP contribution is -2.30. The lowest BCUT2D eigenvalue weighted by Gasteiger charge is -2.15. The van der Waals surface area contributed by atoms with Gasteiger partial charge in [0.2, 0.25) is 0 Å². The fraction of sp³-hybridized carbons (Fsp3) is 0.278. The van der Waals surface area contributed by atoms with Crippen molar-refractivity contribution in [3.8, 4) is 0 Å². The molecule has 1 N–H and O–H groups in total. The van der Waals surface area contributed by atoms with Crippen LogP contribution in [0, 0.1) is 0 Å². The summed E-state index contributed by atoms with van der Waals surface area (Å²) >= 11 is 1.35. The van der Waals surface area contributed by atoms with Crippen LogP contribution in [-0.4, -0.2) is 27.8 Å². The summed E-state index contributed by atoms with van der Waals surface area (Å²) in [6.07, 6.45) is 0.706. The molecule has 2 heterocycles. The summed E-state index contributed by atoms with van der Waals surface area (Å²) in [6, 6.07) is 11.3. The fourth-order valence-corrected chi connectivity index (χ4v) is 3.35. The number of nitrogens with one attached hydrogen (secondary N) is 1. The number of nitrogens with zero attached hydrogens (tertiary/aromatic N) is 2. The van der Waals surface area contributed by atoms with Crippen LogP contribution in [-0.2, 0) is 9.53 Å². The van der Waals surface area contributed by atoms with E-state index in [1.807, 2.05) is 38.1 Å². The number of rotatable bonds is 5. The zero-order chi connectivity index (χ0) is 18.0. The van der Waals surface area contributed by atoms with Crippen molar-refractivity contribution in [2.24, 2.45) is 0 Å². The molecule has 2 aromatic heterocycles. The highest BCUT2D eigenvalue weighted by Crippen LogP contribution is 2.26. The number of carbonyl (C=O) groups is 2. The lowest BCUT2D eigenvalue weighted by molar-refractivity contribution is -0.123. The van der Waals surface area contributed by atoms with E-state index in [0.29, 0.717) is 10.7 Å². The molecule has 1 amide bonds. The van der Waals surface area contributed by atoms with Gasteiger partial charge in [-0.1, -0.05) is 18.2 Å². The molecule has 25 heavy (non-hydrogen) atoms. The number of benzene rings is 1. The van der Waals surface area contributed by atoms with Crippen molar-refractivity contribution < 1.29 is 14.3 Å². The second-order valence-corrected chi connectivity index (χ2v) is 7.02. The van der Waals surface area contributed by atoms with Gasteiger partial charge in [0, 0.05) is 16.8 Å². The zero-order valence-electron chi connectivity index (χ0n) is 14.2. The molecule has 3 rings (SSSR count). The molecule has 0 radical (unpaired) electrons. The predicted octanol–water partition coefficient (Wildman–Crippen LogP) is 3.86. The summed E-state index contributed by atoms with van der Waals surface area (Å²) in [7, 11) is 0. The van der Waals surface area contributed by atoms with E-state index in [2.05, 4.69) is 10.4 Å². The molecular weight excluding hydrogens is 338 g/mol. The molecular formula is C18H19N3O3S. The Morgan fingerprint density at radius 1 is 1.20 bits per heavy atom. The second-order valence-electron chi connectivity index (χ2n) is 5.94. The molecule has 3 aromatic rings. The Labute approximate surface area is 149 Å². The quantitative estimate of drug-likeness (QED) is 0.704. The SMILES string of the molecule is CC(C)n1nccc1NC(=O)[C@H](C)OC(=O)c1cc2ccccc2s1. The number of ether oxygens (including phenoxy) is 1. The van der Waals surface area contributed by atoms with Crippen molar-refractivity contribution in [3.05, 3.63) is 47.5 Å². The molecule has 7 heteroatoms. The van der Waals surface area contributed by atoms with Crippen molar-refractivity contribution in [1.29, 1.82) is 0 Å². The third-order valence-electron chi connectivity index (χ3n) is 3.69. The summed E-state index contributed by atoms with van der Waals surface area (Å²) < 4.78 is 8.01. The summed E-state index contributed by atoms with van der Waals surface area (Å²) in [5.74, 6) is -0.317. The molecule has 0 spiro atoms. The van der Waals surface area contributed by atoms with Gasteiger partial charge in [-0.3, -0.25) is 4.79 Å². The van der Waals surface area contributed by atoms with Gasteiger partial charge in [-0.25, -0.2) is 9.48 Å². The van der Waals surface area contributed by atoms with Crippen molar-refractivity contribution in [2.45, 2.75) is 32.9 Å². The van der Waals surface area contributed by atoms with Crippen molar-refractivity contribution >= 4 is 39.1 Å². The van der Waals surface area contributed by atoms with Gasteiger partial charge in [0.15, 0.2) is 6.10 Å². The molecule has 1 aromatic carbocycles. The van der Waals surface area contributed by atoms with E-state index in [0.717, 1.165) is 10.1 Å². The molecule has 0 fully saturated rings. The van der Waals surface area contributed by atoms with Crippen LogP contribution in [0.4, 0.5) is 5.82 Å². The fourth-order valence-electron chi connectivity index (χ4n) is 2.41. The normalized spacial score (nSPS) is 12.3. The lowest BCUT2D eigenvalue weighted by atomic mass is 10.2. The number of hydrogen-bond donors (Lipinski definition) is 1. The number of hydrogen-bond acceptors (Lipinski definition) is 5. The van der Waals surface area contributed by atoms with Crippen LogP contribution in [0.5, 0.6) is 0 Å². The van der Waals surface area contributed by atoms with Gasteiger partial charge in [-0.05, 0) is 38.3 Å². The van der Waals surface area contributed by atoms with E-state index in [4.69, 9.17) is 4.74 Å². The van der Waals surface area contributed by atoms with E-state index in [-0.39, 0.29) is 6.04 Å². The number of thiophene rings is 1. The van der Waals surface area contributed by atoms with Crippen molar-refractivity contribution in [3.63, 3.8) is 0 Å². The first-order valence-electron chi connectivity index (χ1n) is 7.99.